The summed E-state index contributed by atoms with van der Waals surface area (Å²) < 4.78 is 20.9. The molecule has 2 heterocycles. The molecule has 2 aromatic carbocycles. The van der Waals surface area contributed by atoms with Gasteiger partial charge < -0.3 is 9.84 Å². The van der Waals surface area contributed by atoms with Gasteiger partial charge >= 0.3 is 0 Å². The highest BCUT2D eigenvalue weighted by molar-refractivity contribution is 6.30. The number of allylic oxidation sites excluding steroid dienone is 1. The maximum Gasteiger partial charge on any atom is 0.271 e. The minimum Gasteiger partial charge on any atom is -0.494 e. The van der Waals surface area contributed by atoms with Crippen molar-refractivity contribution in [2.45, 2.75) is 13.1 Å². The van der Waals surface area contributed by atoms with Gasteiger partial charge in [-0.05, 0) is 42.0 Å². The zero-order chi connectivity index (χ0) is 25.5. The Bertz CT molecular complexity index is 1260. The molecule has 0 radical (unpaired) electrons. The summed E-state index contributed by atoms with van der Waals surface area (Å²) in [4.78, 5) is 17.8. The number of piperazine rings is 1. The second kappa shape index (κ2) is 15.2. The average molecular weight is 586 g/mol. The highest BCUT2D eigenvalue weighted by atomic mass is 35.5. The molecule has 1 saturated heterocycles. The second-order valence-electron chi connectivity index (χ2n) is 8.69. The normalized spacial score (nSPS) is 14.2. The molecule has 3 aromatic rings. The number of hydrogen-bond donors (Lipinski definition) is 1. The van der Waals surface area contributed by atoms with Crippen LogP contribution in [-0.4, -0.2) is 71.1 Å². The van der Waals surface area contributed by atoms with E-state index in [2.05, 4.69) is 14.9 Å². The zero-order valence-corrected chi connectivity index (χ0v) is 23.4. The van der Waals surface area contributed by atoms with Gasteiger partial charge in [-0.2, -0.15) is 5.10 Å². The Morgan fingerprint density at radius 1 is 1.05 bits per heavy atom. The lowest BCUT2D eigenvalue weighted by atomic mass is 10.1. The predicted octanol–water partition coefficient (Wildman–Crippen LogP) is 4.38. The minimum absolute atomic E-state index is 0. The molecule has 206 valence electrons. The van der Waals surface area contributed by atoms with Crippen LogP contribution in [0.5, 0.6) is 5.75 Å². The van der Waals surface area contributed by atoms with E-state index >= 15 is 0 Å². The lowest BCUT2D eigenvalue weighted by molar-refractivity contribution is 0.108. The van der Waals surface area contributed by atoms with Gasteiger partial charge in [0.05, 0.1) is 26.0 Å². The first-order valence-corrected chi connectivity index (χ1v) is 12.3. The fraction of sp³-hybridized carbons (Fsp3) is 0.333. The van der Waals surface area contributed by atoms with E-state index < -0.39 is 5.82 Å². The van der Waals surface area contributed by atoms with Crippen LogP contribution in [0.3, 0.4) is 0 Å². The van der Waals surface area contributed by atoms with Gasteiger partial charge in [-0.1, -0.05) is 35.9 Å². The van der Waals surface area contributed by atoms with E-state index in [1.165, 1.54) is 17.9 Å². The molecule has 0 saturated carbocycles. The monoisotopic (exact) mass is 584 g/mol. The number of methoxy groups -OCH3 is 1. The van der Waals surface area contributed by atoms with E-state index in [9.17, 15) is 14.3 Å². The maximum atomic E-state index is 14.4. The molecule has 1 aliphatic rings. The topological polar surface area (TPSA) is 70.8 Å². The highest BCUT2D eigenvalue weighted by Gasteiger charge is 2.19. The van der Waals surface area contributed by atoms with Crippen molar-refractivity contribution >= 4 is 42.5 Å². The highest BCUT2D eigenvalue weighted by Crippen LogP contribution is 2.24. The summed E-state index contributed by atoms with van der Waals surface area (Å²) in [6, 6.07) is 13.8. The zero-order valence-electron chi connectivity index (χ0n) is 21.1. The maximum absolute atomic E-state index is 14.4. The summed E-state index contributed by atoms with van der Waals surface area (Å²) in [5.74, 6) is -0.335. The van der Waals surface area contributed by atoms with Gasteiger partial charge in [-0.15, -0.1) is 24.8 Å². The summed E-state index contributed by atoms with van der Waals surface area (Å²) in [7, 11) is 1.42. The third-order valence-corrected chi connectivity index (χ3v) is 6.48. The Morgan fingerprint density at radius 3 is 2.37 bits per heavy atom. The Hall–Kier alpha value is -2.46. The minimum atomic E-state index is -0.487. The van der Waals surface area contributed by atoms with Crippen LogP contribution < -0.4 is 10.3 Å². The van der Waals surface area contributed by atoms with Crippen LogP contribution in [0.1, 0.15) is 11.1 Å². The van der Waals surface area contributed by atoms with Gasteiger partial charge in [0.25, 0.3) is 5.56 Å². The molecule has 0 amide bonds. The van der Waals surface area contributed by atoms with E-state index in [-0.39, 0.29) is 49.3 Å². The molecule has 1 N–H and O–H groups in total. The predicted molar refractivity (Wildman–Crippen MR) is 154 cm³/mol. The summed E-state index contributed by atoms with van der Waals surface area (Å²) in [6.45, 7) is 4.80. The van der Waals surface area contributed by atoms with Crippen LogP contribution in [0.2, 0.25) is 5.02 Å². The molecule has 1 aliphatic heterocycles. The number of aromatic nitrogens is 2. The van der Waals surface area contributed by atoms with Gasteiger partial charge in [0.1, 0.15) is 0 Å². The number of ether oxygens (including phenoxy) is 1. The van der Waals surface area contributed by atoms with E-state index in [0.29, 0.717) is 34.9 Å². The van der Waals surface area contributed by atoms with Gasteiger partial charge in [-0.25, -0.2) is 9.07 Å². The van der Waals surface area contributed by atoms with E-state index in [0.717, 1.165) is 31.7 Å². The first-order valence-electron chi connectivity index (χ1n) is 11.9. The van der Waals surface area contributed by atoms with Crippen LogP contribution >= 0.6 is 36.4 Å². The number of β-amino-alcohol motifs (C(OH)–C–C–N with tert-alkyl or cyclic N) is 1. The molecule has 1 aromatic heterocycles. The van der Waals surface area contributed by atoms with Crippen LogP contribution in [0.15, 0.2) is 59.4 Å². The van der Waals surface area contributed by atoms with Crippen molar-refractivity contribution in [1.29, 1.82) is 0 Å². The molecular formula is C27H32Cl3FN4O3. The number of benzene rings is 2. The summed E-state index contributed by atoms with van der Waals surface area (Å²) in [5.41, 5.74) is 2.47. The fourth-order valence-electron chi connectivity index (χ4n) is 4.22. The van der Waals surface area contributed by atoms with Crippen LogP contribution in [0, 0.1) is 5.82 Å². The molecule has 11 heteroatoms. The van der Waals surface area contributed by atoms with Crippen molar-refractivity contribution in [3.63, 3.8) is 0 Å². The molecule has 0 spiro atoms. The number of aliphatic hydroxyl groups is 1. The standard InChI is InChI=1S/C27H30ClFN4O3.2ClH/c1-36-26-9-6-21(17-24(26)29)25-18-22(19-32-13-11-31(12-14-32)15-16-34)27(35)33(30-25)10-2-3-20-4-7-23(28)8-5-20;;/h2-9,17-18,34H,10-16,19H2,1H3;2*1H. The second-order valence-corrected chi connectivity index (χ2v) is 9.12. The molecule has 0 unspecified atom stereocenters. The summed E-state index contributed by atoms with van der Waals surface area (Å²) in [5, 5.41) is 14.4. The largest absolute Gasteiger partial charge is 0.494 e. The van der Waals surface area contributed by atoms with E-state index in [1.807, 2.05) is 36.4 Å². The Balaban J connectivity index is 0.00000253. The molecule has 38 heavy (non-hydrogen) atoms. The SMILES string of the molecule is COc1ccc(-c2cc(CN3CCN(CCO)CC3)c(=O)n(CC=Cc3ccc(Cl)cc3)n2)cc1F.Cl.Cl. The molecule has 0 atom stereocenters. The van der Waals surface area contributed by atoms with Gasteiger partial charge in [0.15, 0.2) is 11.6 Å². The molecule has 4 rings (SSSR count). The van der Waals surface area contributed by atoms with Crippen molar-refractivity contribution in [3.05, 3.63) is 86.9 Å². The third kappa shape index (κ3) is 8.27. The summed E-state index contributed by atoms with van der Waals surface area (Å²) in [6.07, 6.45) is 3.78. The van der Waals surface area contributed by atoms with Gasteiger partial charge in [-0.3, -0.25) is 14.6 Å². The number of rotatable bonds is 9. The Morgan fingerprint density at radius 2 is 1.74 bits per heavy atom. The molecule has 7 nitrogen and oxygen atoms in total. The first-order chi connectivity index (χ1) is 17.5. The van der Waals surface area contributed by atoms with Crippen LogP contribution in [0.25, 0.3) is 17.3 Å². The Labute approximate surface area is 239 Å². The van der Waals surface area contributed by atoms with Gasteiger partial charge in [0.2, 0.25) is 0 Å². The third-order valence-electron chi connectivity index (χ3n) is 6.23. The molecule has 0 bridgehead atoms. The van der Waals surface area contributed by atoms with E-state index in [1.54, 1.807) is 18.2 Å². The van der Waals surface area contributed by atoms with Gasteiger partial charge in [0, 0.05) is 55.4 Å². The average Bonchev–Trinajstić information content (AvgIpc) is 2.88. The Kier molecular flexibility index (Phi) is 12.7. The van der Waals surface area contributed by atoms with Crippen molar-refractivity contribution in [1.82, 2.24) is 19.6 Å². The number of hydrogen-bond acceptors (Lipinski definition) is 6. The lowest BCUT2D eigenvalue weighted by Gasteiger charge is -2.34. The first kappa shape index (κ1) is 31.8. The lowest BCUT2D eigenvalue weighted by Crippen LogP contribution is -2.47. The number of nitrogens with zero attached hydrogens (tertiary/aromatic N) is 4. The smallest absolute Gasteiger partial charge is 0.271 e. The van der Waals surface area contributed by atoms with Crippen LogP contribution in [-0.2, 0) is 13.1 Å². The van der Waals surface area contributed by atoms with Crippen molar-refractivity contribution in [2.24, 2.45) is 0 Å². The van der Waals surface area contributed by atoms with Crippen LogP contribution in [0.4, 0.5) is 4.39 Å². The summed E-state index contributed by atoms with van der Waals surface area (Å²) >= 11 is 5.96. The quantitative estimate of drug-likeness (QED) is 0.402. The number of halogens is 4. The molecular weight excluding hydrogens is 554 g/mol. The fourth-order valence-corrected chi connectivity index (χ4v) is 4.34. The molecule has 1 fully saturated rings. The molecule has 0 aliphatic carbocycles. The van der Waals surface area contributed by atoms with Crippen molar-refractivity contribution < 1.29 is 14.2 Å². The van der Waals surface area contributed by atoms with E-state index in [4.69, 9.17) is 16.3 Å². The number of aliphatic hydroxyl groups excluding tert-OH is 1. The van der Waals surface area contributed by atoms with Crippen molar-refractivity contribution in [3.8, 4) is 17.0 Å². The van der Waals surface area contributed by atoms with Crippen molar-refractivity contribution in [2.75, 3.05) is 46.4 Å².